The van der Waals surface area contributed by atoms with Crippen molar-refractivity contribution < 1.29 is 0 Å². The molecule has 0 spiro atoms. The van der Waals surface area contributed by atoms with Gasteiger partial charge < -0.3 is 11.1 Å². The summed E-state index contributed by atoms with van der Waals surface area (Å²) in [4.78, 5) is 25.2. The molecule has 1 rings (SSSR count). The van der Waals surface area contributed by atoms with Gasteiger partial charge >= 0.3 is 5.69 Å². The van der Waals surface area contributed by atoms with Gasteiger partial charge in [-0.25, -0.2) is 4.79 Å². The van der Waals surface area contributed by atoms with Crippen molar-refractivity contribution in [3.8, 4) is 0 Å². The van der Waals surface area contributed by atoms with Crippen LogP contribution in [0.4, 0.5) is 11.5 Å². The third kappa shape index (κ3) is 2.89. The summed E-state index contributed by atoms with van der Waals surface area (Å²) in [6, 6.07) is 0. The van der Waals surface area contributed by atoms with Crippen LogP contribution in [0.3, 0.4) is 0 Å². The maximum atomic E-state index is 11.7. The van der Waals surface area contributed by atoms with Gasteiger partial charge in [0.2, 0.25) is 0 Å². The van der Waals surface area contributed by atoms with E-state index in [1.54, 1.807) is 0 Å². The van der Waals surface area contributed by atoms with Crippen molar-refractivity contribution in [2.24, 2.45) is 7.05 Å². The van der Waals surface area contributed by atoms with Gasteiger partial charge in [-0.2, -0.15) is 0 Å². The standard InChI is InChI=1S/C11H20N4O2/c1-5-6-11(2,3)14-7-8(12)15(4)10(17)13-9(7)16/h14H,5-6,12H2,1-4H3,(H,13,16,17). The topological polar surface area (TPSA) is 92.9 Å². The summed E-state index contributed by atoms with van der Waals surface area (Å²) in [5, 5.41) is 3.10. The Hall–Kier alpha value is -1.72. The van der Waals surface area contributed by atoms with Crippen molar-refractivity contribution in [3.63, 3.8) is 0 Å². The molecule has 1 aromatic rings. The Kier molecular flexibility index (Phi) is 3.65. The number of nitrogen functional groups attached to an aromatic ring is 1. The molecule has 4 N–H and O–H groups in total. The molecule has 0 atom stereocenters. The lowest BCUT2D eigenvalue weighted by Gasteiger charge is -2.27. The number of anilines is 2. The van der Waals surface area contributed by atoms with E-state index in [-0.39, 0.29) is 17.0 Å². The Morgan fingerprint density at radius 2 is 2.00 bits per heavy atom. The van der Waals surface area contributed by atoms with Gasteiger partial charge in [0, 0.05) is 12.6 Å². The maximum Gasteiger partial charge on any atom is 0.329 e. The number of hydrogen-bond acceptors (Lipinski definition) is 4. The van der Waals surface area contributed by atoms with Crippen LogP contribution in [0.25, 0.3) is 0 Å². The van der Waals surface area contributed by atoms with E-state index in [1.807, 2.05) is 13.8 Å². The van der Waals surface area contributed by atoms with Gasteiger partial charge in [-0.05, 0) is 20.3 Å². The highest BCUT2D eigenvalue weighted by Crippen LogP contribution is 2.19. The van der Waals surface area contributed by atoms with Crippen LogP contribution >= 0.6 is 0 Å². The Morgan fingerprint density at radius 1 is 1.41 bits per heavy atom. The average Bonchev–Trinajstić information content (AvgIpc) is 2.21. The molecule has 1 heterocycles. The Balaban J connectivity index is 3.21. The van der Waals surface area contributed by atoms with Gasteiger partial charge in [0.1, 0.15) is 11.5 Å². The summed E-state index contributed by atoms with van der Waals surface area (Å²) in [5.41, 5.74) is 4.80. The molecule has 1 aromatic heterocycles. The Labute approximate surface area is 99.8 Å². The van der Waals surface area contributed by atoms with Crippen LogP contribution < -0.4 is 22.3 Å². The second-order valence-corrected chi connectivity index (χ2v) is 4.84. The largest absolute Gasteiger partial charge is 0.383 e. The molecule has 96 valence electrons. The number of aromatic amines is 1. The summed E-state index contributed by atoms with van der Waals surface area (Å²) in [6.45, 7) is 6.04. The van der Waals surface area contributed by atoms with E-state index in [9.17, 15) is 9.59 Å². The molecular formula is C11H20N4O2. The average molecular weight is 240 g/mol. The highest BCUT2D eigenvalue weighted by Gasteiger charge is 2.20. The number of aromatic nitrogens is 2. The number of nitrogens with two attached hydrogens (primary N) is 1. The number of H-pyrrole nitrogens is 1. The number of hydrogen-bond donors (Lipinski definition) is 3. The third-order valence-corrected chi connectivity index (χ3v) is 2.71. The summed E-state index contributed by atoms with van der Waals surface area (Å²) >= 11 is 0. The van der Waals surface area contributed by atoms with Crippen LogP contribution in [0, 0.1) is 0 Å². The first kappa shape index (κ1) is 13.3. The second-order valence-electron chi connectivity index (χ2n) is 4.84. The van der Waals surface area contributed by atoms with Gasteiger partial charge in [-0.1, -0.05) is 13.3 Å². The van der Waals surface area contributed by atoms with E-state index in [4.69, 9.17) is 5.73 Å². The second kappa shape index (κ2) is 4.65. The summed E-state index contributed by atoms with van der Waals surface area (Å²) in [7, 11) is 1.52. The molecule has 0 radical (unpaired) electrons. The summed E-state index contributed by atoms with van der Waals surface area (Å²) in [5.74, 6) is 0.155. The molecule has 0 fully saturated rings. The minimum absolute atomic E-state index is 0.155. The number of nitrogens with one attached hydrogen (secondary N) is 2. The monoisotopic (exact) mass is 240 g/mol. The molecule has 0 saturated heterocycles. The lowest BCUT2D eigenvalue weighted by atomic mass is 9.99. The zero-order valence-electron chi connectivity index (χ0n) is 10.8. The van der Waals surface area contributed by atoms with Crippen LogP contribution in [-0.4, -0.2) is 15.1 Å². The molecule has 0 aliphatic carbocycles. The van der Waals surface area contributed by atoms with Crippen molar-refractivity contribution in [1.29, 1.82) is 0 Å². The van der Waals surface area contributed by atoms with Crippen LogP contribution in [0.15, 0.2) is 9.59 Å². The molecule has 0 saturated carbocycles. The van der Waals surface area contributed by atoms with Crippen molar-refractivity contribution >= 4 is 11.5 Å². The van der Waals surface area contributed by atoms with E-state index in [2.05, 4.69) is 17.2 Å². The molecule has 0 aromatic carbocycles. The first-order valence-corrected chi connectivity index (χ1v) is 5.65. The molecule has 0 amide bonds. The van der Waals surface area contributed by atoms with E-state index in [0.717, 1.165) is 12.8 Å². The lowest BCUT2D eigenvalue weighted by Crippen LogP contribution is -2.38. The SMILES string of the molecule is CCCC(C)(C)Nc1c(N)n(C)c(=O)[nH]c1=O. The minimum atomic E-state index is -0.508. The molecule has 0 aliphatic rings. The van der Waals surface area contributed by atoms with Crippen LogP contribution in [0.5, 0.6) is 0 Å². The van der Waals surface area contributed by atoms with E-state index < -0.39 is 11.2 Å². The molecule has 6 nitrogen and oxygen atoms in total. The predicted molar refractivity (Wildman–Crippen MR) is 69.3 cm³/mol. The van der Waals surface area contributed by atoms with E-state index in [0.29, 0.717) is 0 Å². The summed E-state index contributed by atoms with van der Waals surface area (Å²) < 4.78 is 1.21. The lowest BCUT2D eigenvalue weighted by molar-refractivity contribution is 0.509. The van der Waals surface area contributed by atoms with Crippen molar-refractivity contribution in [1.82, 2.24) is 9.55 Å². The highest BCUT2D eigenvalue weighted by atomic mass is 16.2. The van der Waals surface area contributed by atoms with Gasteiger partial charge in [0.15, 0.2) is 0 Å². The number of nitrogens with zero attached hydrogens (tertiary/aromatic N) is 1. The quantitative estimate of drug-likeness (QED) is 0.720. The Bertz CT molecular complexity index is 513. The fourth-order valence-corrected chi connectivity index (χ4v) is 1.78. The molecule has 0 unspecified atom stereocenters. The molecule has 17 heavy (non-hydrogen) atoms. The summed E-state index contributed by atoms with van der Waals surface area (Å²) in [6.07, 6.45) is 1.89. The van der Waals surface area contributed by atoms with Gasteiger partial charge in [0.05, 0.1) is 0 Å². The fraction of sp³-hybridized carbons (Fsp3) is 0.636. The normalized spacial score (nSPS) is 11.5. The van der Waals surface area contributed by atoms with Crippen LogP contribution in [0.2, 0.25) is 0 Å². The minimum Gasteiger partial charge on any atom is -0.383 e. The maximum absolute atomic E-state index is 11.7. The smallest absolute Gasteiger partial charge is 0.329 e. The molecular weight excluding hydrogens is 220 g/mol. The Morgan fingerprint density at radius 3 is 2.53 bits per heavy atom. The first-order chi connectivity index (χ1) is 7.78. The van der Waals surface area contributed by atoms with Crippen molar-refractivity contribution in [3.05, 3.63) is 20.8 Å². The molecule has 0 bridgehead atoms. The van der Waals surface area contributed by atoms with E-state index >= 15 is 0 Å². The first-order valence-electron chi connectivity index (χ1n) is 5.65. The highest BCUT2D eigenvalue weighted by molar-refractivity contribution is 5.61. The van der Waals surface area contributed by atoms with Gasteiger partial charge in [-0.3, -0.25) is 14.3 Å². The van der Waals surface area contributed by atoms with E-state index in [1.165, 1.54) is 11.6 Å². The number of rotatable bonds is 4. The van der Waals surface area contributed by atoms with Crippen LogP contribution in [-0.2, 0) is 7.05 Å². The third-order valence-electron chi connectivity index (χ3n) is 2.71. The van der Waals surface area contributed by atoms with Crippen LogP contribution in [0.1, 0.15) is 33.6 Å². The fourth-order valence-electron chi connectivity index (χ4n) is 1.78. The molecule has 6 heteroatoms. The predicted octanol–water partition coefficient (Wildman–Crippen LogP) is 0.646. The van der Waals surface area contributed by atoms with Gasteiger partial charge in [0.25, 0.3) is 5.56 Å². The molecule has 0 aliphatic heterocycles. The van der Waals surface area contributed by atoms with Gasteiger partial charge in [-0.15, -0.1) is 0 Å². The zero-order valence-corrected chi connectivity index (χ0v) is 10.8. The van der Waals surface area contributed by atoms with Crippen molar-refractivity contribution in [2.45, 2.75) is 39.2 Å². The zero-order chi connectivity index (χ0) is 13.2. The van der Waals surface area contributed by atoms with Crippen molar-refractivity contribution in [2.75, 3.05) is 11.1 Å².